The van der Waals surface area contributed by atoms with Crippen LogP contribution < -0.4 is 19.7 Å². The highest BCUT2D eigenvalue weighted by molar-refractivity contribution is 6.31. The largest absolute Gasteiger partial charge is 0.444 e. The fourth-order valence-electron chi connectivity index (χ4n) is 7.07. The van der Waals surface area contributed by atoms with Gasteiger partial charge in [-0.1, -0.05) is 97.7 Å². The van der Waals surface area contributed by atoms with Crippen molar-refractivity contribution in [2.45, 2.75) is 112 Å². The van der Waals surface area contributed by atoms with E-state index in [1.54, 1.807) is 7.11 Å². The van der Waals surface area contributed by atoms with E-state index in [0.29, 0.717) is 23.3 Å². The number of fused-ring (bicyclic) bond motifs is 2. The summed E-state index contributed by atoms with van der Waals surface area (Å²) in [5.74, 6) is 1.55. The Bertz CT molecular complexity index is 1500. The number of piperidine rings is 1. The van der Waals surface area contributed by atoms with Crippen LogP contribution in [0.25, 0.3) is 0 Å². The first-order chi connectivity index (χ1) is 24.9. The molecule has 51 heavy (non-hydrogen) atoms. The van der Waals surface area contributed by atoms with Gasteiger partial charge >= 0.3 is 0 Å². The molecule has 1 saturated heterocycles. The lowest BCUT2D eigenvalue weighted by molar-refractivity contribution is -0.0684. The van der Waals surface area contributed by atoms with Gasteiger partial charge < -0.3 is 24.4 Å². The van der Waals surface area contributed by atoms with Crippen LogP contribution in [0.15, 0.2) is 60.7 Å². The monoisotopic (exact) mass is 721 g/mol. The molecule has 2 unspecified atom stereocenters. The molecule has 3 aromatic rings. The average molecular weight is 722 g/mol. The summed E-state index contributed by atoms with van der Waals surface area (Å²) in [4.78, 5) is 17.9. The van der Waals surface area contributed by atoms with E-state index < -0.39 is 5.79 Å². The normalized spacial score (nSPS) is 20.4. The molecule has 2 atom stereocenters. The number of ketones is 1. The van der Waals surface area contributed by atoms with E-state index in [4.69, 9.17) is 25.8 Å². The number of methoxy groups -OCH3 is 1. The van der Waals surface area contributed by atoms with Gasteiger partial charge in [-0.3, -0.25) is 9.69 Å². The molecule has 1 N–H and O–H groups in total. The third-order valence-electron chi connectivity index (χ3n) is 9.73. The molecule has 8 heteroatoms. The third-order valence-corrected chi connectivity index (χ3v) is 10.1. The number of likely N-dealkylation sites (tertiary alicyclic amines) is 1. The van der Waals surface area contributed by atoms with E-state index in [1.807, 2.05) is 98.7 Å². The molecule has 282 valence electrons. The lowest BCUT2D eigenvalue weighted by atomic mass is 9.80. The second-order valence-electron chi connectivity index (χ2n) is 12.4. The number of carbonyl (C=O) groups is 1. The standard InChI is InChI=1S/C35H40ClN3O4.4C2H6/c1-35(27-10-3-4-11-28(27)36)42-31-12-6-9-26(34(31)43-35)23-15-17-38(18-16-23)22-32-37-29-14-13-25(33(40)24-7-5-8-24)21-30(29)39(32)19-20-41-2;4*1-2/h3-4,6,9-14,21,23-24,32,37H,5,7-8,15-20,22H2,1-2H3;4*1-2H3. The van der Waals surface area contributed by atoms with Crippen LogP contribution in [-0.4, -0.2) is 56.7 Å². The zero-order chi connectivity index (χ0) is 37.6. The van der Waals surface area contributed by atoms with Crippen molar-refractivity contribution < 1.29 is 19.0 Å². The van der Waals surface area contributed by atoms with E-state index in [9.17, 15) is 4.79 Å². The van der Waals surface area contributed by atoms with Crippen molar-refractivity contribution in [1.82, 2.24) is 4.90 Å². The number of para-hydroxylation sites is 1. The van der Waals surface area contributed by atoms with Crippen molar-refractivity contribution in [2.75, 3.05) is 50.1 Å². The Kier molecular flexibility index (Phi) is 17.1. The number of halogens is 1. The van der Waals surface area contributed by atoms with Gasteiger partial charge in [0.1, 0.15) is 6.17 Å². The summed E-state index contributed by atoms with van der Waals surface area (Å²) in [6.45, 7) is 22.2. The molecule has 2 fully saturated rings. The minimum Gasteiger partial charge on any atom is -0.444 e. The molecule has 1 saturated carbocycles. The zero-order valence-electron chi connectivity index (χ0n) is 33.0. The highest BCUT2D eigenvalue weighted by atomic mass is 35.5. The van der Waals surface area contributed by atoms with Crippen LogP contribution in [0.2, 0.25) is 5.02 Å². The number of hydrogen-bond acceptors (Lipinski definition) is 7. The zero-order valence-corrected chi connectivity index (χ0v) is 33.7. The second-order valence-corrected chi connectivity index (χ2v) is 12.9. The number of benzene rings is 3. The Morgan fingerprint density at radius 1 is 0.902 bits per heavy atom. The van der Waals surface area contributed by atoms with E-state index in [2.05, 4.69) is 39.4 Å². The molecular weight excluding hydrogens is 658 g/mol. The van der Waals surface area contributed by atoms with Crippen molar-refractivity contribution in [2.24, 2.45) is 5.92 Å². The Morgan fingerprint density at radius 2 is 1.59 bits per heavy atom. The predicted molar refractivity (Wildman–Crippen MR) is 215 cm³/mol. The van der Waals surface area contributed by atoms with Gasteiger partial charge in [0.15, 0.2) is 17.3 Å². The topological polar surface area (TPSA) is 63.3 Å². The molecule has 3 aromatic carbocycles. The summed E-state index contributed by atoms with van der Waals surface area (Å²) < 4.78 is 18.4. The predicted octanol–water partition coefficient (Wildman–Crippen LogP) is 11.2. The molecule has 0 amide bonds. The Hall–Kier alpha value is -3.26. The Balaban J connectivity index is 0.000000822. The number of anilines is 2. The number of ether oxygens (including phenoxy) is 3. The third kappa shape index (κ3) is 9.60. The SMILES string of the molecule is CC.CC.CC.CC.COCCN1c2cc(C(=O)C3CCC3)ccc2NC1CN1CCC(c2cccc3c2OC(C)(c2ccccc2Cl)O3)CC1. The van der Waals surface area contributed by atoms with Gasteiger partial charge in [-0.2, -0.15) is 0 Å². The van der Waals surface area contributed by atoms with Gasteiger partial charge in [0.25, 0.3) is 5.79 Å². The average Bonchev–Trinajstić information content (AvgIpc) is 3.70. The van der Waals surface area contributed by atoms with Gasteiger partial charge in [-0.05, 0) is 81.1 Å². The number of nitrogens with one attached hydrogen (secondary N) is 1. The van der Waals surface area contributed by atoms with Gasteiger partial charge in [0, 0.05) is 44.2 Å². The maximum Gasteiger partial charge on any atom is 0.276 e. The molecular formula is C43H64ClN3O4. The van der Waals surface area contributed by atoms with E-state index >= 15 is 0 Å². The molecule has 0 radical (unpaired) electrons. The summed E-state index contributed by atoms with van der Waals surface area (Å²) in [7, 11) is 1.74. The molecule has 7 rings (SSSR count). The molecule has 3 heterocycles. The number of carbonyl (C=O) groups excluding carboxylic acids is 1. The Labute approximate surface area is 314 Å². The summed E-state index contributed by atoms with van der Waals surface area (Å²) in [6.07, 6.45) is 5.42. The second kappa shape index (κ2) is 20.7. The van der Waals surface area contributed by atoms with Crippen LogP contribution in [0.4, 0.5) is 11.4 Å². The lowest BCUT2D eigenvalue weighted by Crippen LogP contribution is -2.48. The molecule has 3 aliphatic heterocycles. The first kappa shape index (κ1) is 42.2. The van der Waals surface area contributed by atoms with Crippen molar-refractivity contribution >= 4 is 28.8 Å². The van der Waals surface area contributed by atoms with Crippen LogP contribution in [0, 0.1) is 5.92 Å². The highest BCUT2D eigenvalue weighted by Gasteiger charge is 2.42. The fourth-order valence-corrected chi connectivity index (χ4v) is 7.37. The van der Waals surface area contributed by atoms with Crippen molar-refractivity contribution in [3.63, 3.8) is 0 Å². The van der Waals surface area contributed by atoms with Crippen molar-refractivity contribution in [1.29, 1.82) is 0 Å². The van der Waals surface area contributed by atoms with E-state index in [0.717, 1.165) is 92.3 Å². The maximum absolute atomic E-state index is 13.0. The van der Waals surface area contributed by atoms with Gasteiger partial charge in [-0.25, -0.2) is 0 Å². The molecule has 0 bridgehead atoms. The van der Waals surface area contributed by atoms with Crippen molar-refractivity contribution in [3.8, 4) is 11.5 Å². The fraction of sp³-hybridized carbons (Fsp3) is 0.558. The van der Waals surface area contributed by atoms with Gasteiger partial charge in [0.2, 0.25) is 0 Å². The summed E-state index contributed by atoms with van der Waals surface area (Å²) in [6, 6.07) is 20.1. The highest BCUT2D eigenvalue weighted by Crippen LogP contribution is 2.50. The van der Waals surface area contributed by atoms with Gasteiger partial charge in [-0.15, -0.1) is 0 Å². The molecule has 0 spiro atoms. The first-order valence-corrected chi connectivity index (χ1v) is 20.0. The summed E-state index contributed by atoms with van der Waals surface area (Å²) >= 11 is 6.53. The molecule has 7 nitrogen and oxygen atoms in total. The molecule has 1 aliphatic carbocycles. The number of nitrogens with zero attached hydrogens (tertiary/aromatic N) is 2. The quantitative estimate of drug-likeness (QED) is 0.221. The van der Waals surface area contributed by atoms with Crippen LogP contribution in [0.5, 0.6) is 11.5 Å². The Morgan fingerprint density at radius 3 is 2.22 bits per heavy atom. The minimum atomic E-state index is -0.950. The van der Waals surface area contributed by atoms with Crippen LogP contribution >= 0.6 is 11.6 Å². The van der Waals surface area contributed by atoms with Crippen LogP contribution in [0.1, 0.15) is 122 Å². The maximum atomic E-state index is 13.0. The summed E-state index contributed by atoms with van der Waals surface area (Å²) in [5.41, 5.74) is 5.09. The van der Waals surface area contributed by atoms with Crippen LogP contribution in [-0.2, 0) is 10.5 Å². The van der Waals surface area contributed by atoms with Crippen molar-refractivity contribution in [3.05, 3.63) is 82.4 Å². The molecule has 4 aliphatic rings. The van der Waals surface area contributed by atoms with E-state index in [1.165, 1.54) is 5.56 Å². The number of Topliss-reactive ketones (excluding diaryl/α,β-unsaturated/α-hetero) is 1. The van der Waals surface area contributed by atoms with E-state index in [-0.39, 0.29) is 12.1 Å². The number of hydrogen-bond donors (Lipinski definition) is 1. The first-order valence-electron chi connectivity index (χ1n) is 19.6. The minimum absolute atomic E-state index is 0.129. The smallest absolute Gasteiger partial charge is 0.276 e. The summed E-state index contributed by atoms with van der Waals surface area (Å²) in [5, 5.41) is 4.38. The number of rotatable bonds is 9. The van der Waals surface area contributed by atoms with Gasteiger partial charge in [0.05, 0.1) is 28.6 Å². The lowest BCUT2D eigenvalue weighted by Gasteiger charge is -2.36. The molecule has 0 aromatic heterocycles. The van der Waals surface area contributed by atoms with Crippen LogP contribution in [0.3, 0.4) is 0 Å².